The van der Waals surface area contributed by atoms with E-state index in [1.54, 1.807) is 34.6 Å². The van der Waals surface area contributed by atoms with Crippen molar-refractivity contribution in [3.63, 3.8) is 0 Å². The van der Waals surface area contributed by atoms with Gasteiger partial charge in [0.25, 0.3) is 5.91 Å². The summed E-state index contributed by atoms with van der Waals surface area (Å²) in [6.07, 6.45) is 6.93. The number of carbonyl (C=O) groups is 1. The third-order valence-electron chi connectivity index (χ3n) is 4.76. The first-order chi connectivity index (χ1) is 14.1. The van der Waals surface area contributed by atoms with Crippen LogP contribution in [0, 0.1) is 0 Å². The highest BCUT2D eigenvalue weighted by atomic mass is 32.2. The maximum Gasteiger partial charge on any atom is 0.267 e. The van der Waals surface area contributed by atoms with Gasteiger partial charge in [0.1, 0.15) is 0 Å². The topological polar surface area (TPSA) is 75.7 Å². The number of benzene rings is 2. The predicted molar refractivity (Wildman–Crippen MR) is 112 cm³/mol. The molecule has 1 amide bonds. The van der Waals surface area contributed by atoms with Crippen LogP contribution in [0.5, 0.6) is 0 Å². The summed E-state index contributed by atoms with van der Waals surface area (Å²) in [5.41, 5.74) is 4.05. The number of rotatable bonds is 7. The van der Waals surface area contributed by atoms with Gasteiger partial charge in [-0.05, 0) is 42.2 Å². The van der Waals surface area contributed by atoms with Gasteiger partial charge in [-0.25, -0.2) is 13.9 Å². The molecule has 1 aliphatic rings. The molecule has 3 rings (SSSR count). The van der Waals surface area contributed by atoms with Gasteiger partial charge in [0.05, 0.1) is 11.5 Å². The first-order valence-corrected chi connectivity index (χ1v) is 11.2. The number of hydrogen-bond acceptors (Lipinski definition) is 4. The van der Waals surface area contributed by atoms with Crippen LogP contribution in [0.25, 0.3) is 6.08 Å². The molecule has 0 radical (unpaired) electrons. The van der Waals surface area contributed by atoms with E-state index < -0.39 is 10.0 Å². The van der Waals surface area contributed by atoms with Crippen LogP contribution in [0.2, 0.25) is 0 Å². The molecule has 29 heavy (non-hydrogen) atoms. The summed E-state index contributed by atoms with van der Waals surface area (Å²) < 4.78 is 27.1. The number of hydroxylamine groups is 1. The molecule has 0 unspecified atom stereocenters. The lowest BCUT2D eigenvalue weighted by Gasteiger charge is -2.19. The van der Waals surface area contributed by atoms with Gasteiger partial charge < -0.3 is 0 Å². The molecule has 1 aliphatic heterocycles. The molecule has 0 aromatic heterocycles. The Kier molecular flexibility index (Phi) is 7.57. The summed E-state index contributed by atoms with van der Waals surface area (Å²) in [6, 6.07) is 16.1. The van der Waals surface area contributed by atoms with Crippen molar-refractivity contribution in [1.29, 1.82) is 0 Å². The van der Waals surface area contributed by atoms with Crippen molar-refractivity contribution in [2.24, 2.45) is 0 Å². The molecule has 1 N–H and O–H groups in total. The highest BCUT2D eigenvalue weighted by molar-refractivity contribution is 7.89. The molecule has 6 nitrogen and oxygen atoms in total. The molecule has 0 aliphatic carbocycles. The first-order valence-electron chi connectivity index (χ1n) is 9.80. The Bertz CT molecular complexity index is 917. The highest BCUT2D eigenvalue weighted by Gasteiger charge is 2.24. The fourth-order valence-corrected chi connectivity index (χ4v) is 4.67. The second-order valence-corrected chi connectivity index (χ2v) is 8.90. The van der Waals surface area contributed by atoms with Gasteiger partial charge in [0.2, 0.25) is 10.0 Å². The van der Waals surface area contributed by atoms with E-state index in [1.165, 1.54) is 6.08 Å². The van der Waals surface area contributed by atoms with Crippen LogP contribution in [-0.4, -0.2) is 31.7 Å². The normalized spacial score (nSPS) is 15.9. The number of nitrogens with zero attached hydrogens (tertiary/aromatic N) is 1. The van der Waals surface area contributed by atoms with Crippen molar-refractivity contribution in [3.8, 4) is 0 Å². The Hall–Kier alpha value is -2.48. The average Bonchev–Trinajstić information content (AvgIpc) is 3.04. The Morgan fingerprint density at radius 1 is 0.966 bits per heavy atom. The van der Waals surface area contributed by atoms with Crippen molar-refractivity contribution < 1.29 is 18.0 Å². The fourth-order valence-electron chi connectivity index (χ4n) is 3.15. The van der Waals surface area contributed by atoms with E-state index in [0.717, 1.165) is 36.8 Å². The fraction of sp³-hybridized carbons (Fsp3) is 0.318. The third kappa shape index (κ3) is 6.25. The lowest BCUT2D eigenvalue weighted by atomic mass is 10.2. The van der Waals surface area contributed by atoms with Gasteiger partial charge >= 0.3 is 0 Å². The van der Waals surface area contributed by atoms with Gasteiger partial charge in [0, 0.05) is 19.2 Å². The molecule has 1 saturated heterocycles. The SMILES string of the molecule is O=C(/C=C/c1ccc(S(=O)(=O)N2CCCCCC2)cc1)NOCc1ccccc1. The number of amides is 1. The van der Waals surface area contributed by atoms with Crippen LogP contribution in [-0.2, 0) is 26.3 Å². The van der Waals surface area contributed by atoms with Gasteiger partial charge in [-0.1, -0.05) is 55.3 Å². The van der Waals surface area contributed by atoms with Gasteiger partial charge in [-0.3, -0.25) is 9.63 Å². The summed E-state index contributed by atoms with van der Waals surface area (Å²) in [6.45, 7) is 1.43. The summed E-state index contributed by atoms with van der Waals surface area (Å²) in [7, 11) is -3.46. The second kappa shape index (κ2) is 10.3. The zero-order chi connectivity index (χ0) is 20.5. The van der Waals surface area contributed by atoms with Crippen molar-refractivity contribution >= 4 is 22.0 Å². The largest absolute Gasteiger partial charge is 0.269 e. The molecule has 2 aromatic rings. The number of nitrogens with one attached hydrogen (secondary N) is 1. The number of sulfonamides is 1. The molecule has 154 valence electrons. The average molecular weight is 415 g/mol. The lowest BCUT2D eigenvalue weighted by molar-refractivity contribution is -0.129. The minimum Gasteiger partial charge on any atom is -0.269 e. The number of hydrogen-bond donors (Lipinski definition) is 1. The maximum absolute atomic E-state index is 12.8. The zero-order valence-corrected chi connectivity index (χ0v) is 17.1. The minimum atomic E-state index is -3.46. The summed E-state index contributed by atoms with van der Waals surface area (Å²) >= 11 is 0. The minimum absolute atomic E-state index is 0.281. The summed E-state index contributed by atoms with van der Waals surface area (Å²) in [5.74, 6) is -0.387. The van der Waals surface area contributed by atoms with Crippen molar-refractivity contribution in [2.75, 3.05) is 13.1 Å². The Balaban J connectivity index is 1.53. The third-order valence-corrected chi connectivity index (χ3v) is 6.68. The van der Waals surface area contributed by atoms with Crippen LogP contribution in [0.1, 0.15) is 36.8 Å². The van der Waals surface area contributed by atoms with Crippen LogP contribution >= 0.6 is 0 Å². The number of carbonyl (C=O) groups excluding carboxylic acids is 1. The molecule has 0 spiro atoms. The quantitative estimate of drug-likeness (QED) is 0.556. The van der Waals surface area contributed by atoms with E-state index in [2.05, 4.69) is 5.48 Å². The summed E-state index contributed by atoms with van der Waals surface area (Å²) in [5, 5.41) is 0. The monoisotopic (exact) mass is 414 g/mol. The van der Waals surface area contributed by atoms with Gasteiger partial charge in [-0.15, -0.1) is 0 Å². The van der Waals surface area contributed by atoms with Crippen LogP contribution in [0.15, 0.2) is 65.6 Å². The second-order valence-electron chi connectivity index (χ2n) is 6.96. The summed E-state index contributed by atoms with van der Waals surface area (Å²) in [4.78, 5) is 17.3. The molecular weight excluding hydrogens is 388 g/mol. The first kappa shape index (κ1) is 21.2. The lowest BCUT2D eigenvalue weighted by Crippen LogP contribution is -2.31. The highest BCUT2D eigenvalue weighted by Crippen LogP contribution is 2.21. The molecule has 2 aromatic carbocycles. The predicted octanol–water partition coefficient (Wildman–Crippen LogP) is 3.51. The molecule has 0 bridgehead atoms. The van der Waals surface area contributed by atoms with E-state index in [1.807, 2.05) is 30.3 Å². The molecule has 7 heteroatoms. The molecule has 0 saturated carbocycles. The van der Waals surface area contributed by atoms with Crippen LogP contribution < -0.4 is 5.48 Å². The van der Waals surface area contributed by atoms with Gasteiger partial charge in [0.15, 0.2) is 0 Å². The van der Waals surface area contributed by atoms with Crippen molar-refractivity contribution in [2.45, 2.75) is 37.2 Å². The van der Waals surface area contributed by atoms with E-state index in [9.17, 15) is 13.2 Å². The van der Waals surface area contributed by atoms with Crippen molar-refractivity contribution in [1.82, 2.24) is 9.79 Å². The molecule has 1 fully saturated rings. The van der Waals surface area contributed by atoms with E-state index in [-0.39, 0.29) is 17.4 Å². The van der Waals surface area contributed by atoms with Gasteiger partial charge in [-0.2, -0.15) is 4.31 Å². The molecule has 0 atom stereocenters. The standard InChI is InChI=1S/C22H26N2O4S/c25-22(23-28-18-20-8-4-3-5-9-20)15-12-19-10-13-21(14-11-19)29(26,27)24-16-6-1-2-7-17-24/h3-5,8-15H,1-2,6-7,16-18H2,(H,23,25)/b15-12+. The molecule has 1 heterocycles. The van der Waals surface area contributed by atoms with Crippen molar-refractivity contribution in [3.05, 3.63) is 71.8 Å². The van der Waals surface area contributed by atoms with E-state index >= 15 is 0 Å². The van der Waals surface area contributed by atoms with E-state index in [4.69, 9.17) is 4.84 Å². The Morgan fingerprint density at radius 3 is 2.28 bits per heavy atom. The maximum atomic E-state index is 12.8. The van der Waals surface area contributed by atoms with Crippen LogP contribution in [0.4, 0.5) is 0 Å². The smallest absolute Gasteiger partial charge is 0.267 e. The molecular formula is C22H26N2O4S. The van der Waals surface area contributed by atoms with E-state index in [0.29, 0.717) is 13.1 Å². The van der Waals surface area contributed by atoms with Crippen LogP contribution in [0.3, 0.4) is 0 Å². The zero-order valence-electron chi connectivity index (χ0n) is 16.3. The Morgan fingerprint density at radius 2 is 1.62 bits per heavy atom. The Labute approximate surface area is 172 Å².